The molecule has 0 unspecified atom stereocenters. The first-order valence-corrected chi connectivity index (χ1v) is 9.85. The average molecular weight is 431 g/mol. The number of carbonyl (C=O) groups is 2. The molecule has 1 saturated heterocycles. The van der Waals surface area contributed by atoms with Crippen LogP contribution in [0.3, 0.4) is 0 Å². The molecule has 4 heterocycles. The number of piperidine rings is 1. The van der Waals surface area contributed by atoms with Gasteiger partial charge in [0.25, 0.3) is 12.5 Å². The Balaban J connectivity index is 0.000000858. The molecule has 0 aromatic carbocycles. The molecule has 0 radical (unpaired) electrons. The van der Waals surface area contributed by atoms with E-state index < -0.39 is 5.91 Å². The van der Waals surface area contributed by atoms with Gasteiger partial charge in [-0.15, -0.1) is 0 Å². The molecule has 4 N–H and O–H groups in total. The summed E-state index contributed by atoms with van der Waals surface area (Å²) in [6, 6.07) is 4.37. The van der Waals surface area contributed by atoms with Gasteiger partial charge in [-0.1, -0.05) is 0 Å². The number of nitrogens with two attached hydrogens (primary N) is 1. The molecule has 4 rings (SSSR count). The van der Waals surface area contributed by atoms with Crippen LogP contribution in [0, 0.1) is 6.92 Å². The number of carboxylic acid groups (broad SMARTS) is 1. The number of fused-ring (bicyclic) bond motifs is 1. The molecule has 1 fully saturated rings. The van der Waals surface area contributed by atoms with Gasteiger partial charge in [-0.2, -0.15) is 10.1 Å². The van der Waals surface area contributed by atoms with Crippen LogP contribution in [0.1, 0.15) is 36.1 Å². The van der Waals surface area contributed by atoms with Crippen LogP contribution in [0.4, 0.5) is 6.01 Å². The molecule has 12 nitrogen and oxygen atoms in total. The molecular weight excluding hydrogens is 406 g/mol. The molecule has 3 aromatic rings. The Morgan fingerprint density at radius 1 is 1.29 bits per heavy atom. The number of aliphatic hydroxyl groups excluding tert-OH is 1. The second-order valence-corrected chi connectivity index (χ2v) is 7.11. The minimum atomic E-state index is -0.470. The van der Waals surface area contributed by atoms with Crippen LogP contribution >= 0.6 is 0 Å². The first-order chi connectivity index (χ1) is 14.9. The van der Waals surface area contributed by atoms with Crippen molar-refractivity contribution in [2.45, 2.75) is 38.6 Å². The highest BCUT2D eigenvalue weighted by molar-refractivity contribution is 5.75. The van der Waals surface area contributed by atoms with Crippen molar-refractivity contribution in [3.63, 3.8) is 0 Å². The van der Waals surface area contributed by atoms with Gasteiger partial charge in [0.05, 0.1) is 19.6 Å². The van der Waals surface area contributed by atoms with Gasteiger partial charge in [0.15, 0.2) is 11.4 Å². The smallest absolute Gasteiger partial charge is 0.299 e. The van der Waals surface area contributed by atoms with Crippen molar-refractivity contribution in [2.24, 2.45) is 5.73 Å². The van der Waals surface area contributed by atoms with Gasteiger partial charge < -0.3 is 25.3 Å². The lowest BCUT2D eigenvalue weighted by molar-refractivity contribution is -0.123. The molecule has 0 spiro atoms. The lowest BCUT2D eigenvalue weighted by Crippen LogP contribution is -2.34. The minimum absolute atomic E-state index is 0.000402. The summed E-state index contributed by atoms with van der Waals surface area (Å²) in [7, 11) is 0. The highest BCUT2D eigenvalue weighted by atomic mass is 16.4. The van der Waals surface area contributed by atoms with E-state index in [-0.39, 0.29) is 25.4 Å². The number of hydrogen-bond acceptors (Lipinski definition) is 9. The average Bonchev–Trinajstić information content (AvgIpc) is 3.32. The summed E-state index contributed by atoms with van der Waals surface area (Å²) in [5.74, 6) is 0.905. The van der Waals surface area contributed by atoms with Gasteiger partial charge >= 0.3 is 0 Å². The molecule has 0 atom stereocenters. The fraction of sp³-hybridized carbons (Fsp3) is 0.474. The lowest BCUT2D eigenvalue weighted by atomic mass is 9.96. The summed E-state index contributed by atoms with van der Waals surface area (Å²) in [5.41, 5.74) is 7.46. The lowest BCUT2D eigenvalue weighted by Gasteiger charge is -2.30. The fourth-order valence-corrected chi connectivity index (χ4v) is 3.56. The standard InChI is InChI=1S/C18H23N7O3.CH2O2/c1-11-2-3-13-16(20-11)22-18(28-13)24-6-4-12(5-7-24)17-21-15(10-14(19)27)23-25(17)8-9-26;2-1-3/h2-3,12,26H,4-10H2,1H3,(H2,19,27);1H,(H,2,3). The molecule has 0 bridgehead atoms. The van der Waals surface area contributed by atoms with E-state index in [9.17, 15) is 9.90 Å². The largest absolute Gasteiger partial charge is 0.483 e. The molecule has 1 aliphatic rings. The summed E-state index contributed by atoms with van der Waals surface area (Å²) in [6.07, 6.45) is 1.68. The van der Waals surface area contributed by atoms with Crippen molar-refractivity contribution in [1.29, 1.82) is 0 Å². The van der Waals surface area contributed by atoms with Crippen LogP contribution in [-0.2, 0) is 22.6 Å². The van der Waals surface area contributed by atoms with E-state index in [1.54, 1.807) is 4.68 Å². The summed E-state index contributed by atoms with van der Waals surface area (Å²) in [6.45, 7) is 3.49. The zero-order valence-electron chi connectivity index (χ0n) is 17.1. The number of aliphatic hydroxyl groups is 1. The number of rotatable bonds is 6. The third kappa shape index (κ3) is 5.34. The van der Waals surface area contributed by atoms with Crippen molar-refractivity contribution in [2.75, 3.05) is 24.6 Å². The molecule has 12 heteroatoms. The van der Waals surface area contributed by atoms with Crippen LogP contribution in [0.15, 0.2) is 16.5 Å². The molecule has 31 heavy (non-hydrogen) atoms. The second kappa shape index (κ2) is 9.98. The van der Waals surface area contributed by atoms with Crippen LogP contribution in [-0.4, -0.2) is 67.0 Å². The fourth-order valence-electron chi connectivity index (χ4n) is 3.56. The molecule has 166 valence electrons. The highest BCUT2D eigenvalue weighted by Gasteiger charge is 2.28. The van der Waals surface area contributed by atoms with E-state index in [0.717, 1.165) is 37.4 Å². The minimum Gasteiger partial charge on any atom is -0.483 e. The quantitative estimate of drug-likeness (QED) is 0.458. The van der Waals surface area contributed by atoms with E-state index in [1.807, 2.05) is 19.1 Å². The predicted molar refractivity (Wildman–Crippen MR) is 109 cm³/mol. The monoisotopic (exact) mass is 431 g/mol. The normalized spacial score (nSPS) is 14.3. The number of carbonyl (C=O) groups excluding carboxylic acids is 1. The molecule has 0 saturated carbocycles. The number of amides is 1. The molecule has 1 amide bonds. The van der Waals surface area contributed by atoms with E-state index >= 15 is 0 Å². The summed E-state index contributed by atoms with van der Waals surface area (Å²) >= 11 is 0. The number of primary amides is 1. The first kappa shape index (κ1) is 22.2. The Morgan fingerprint density at radius 3 is 2.65 bits per heavy atom. The van der Waals surface area contributed by atoms with Crippen LogP contribution in [0.2, 0.25) is 0 Å². The highest BCUT2D eigenvalue weighted by Crippen LogP contribution is 2.30. The Kier molecular flexibility index (Phi) is 7.13. The van der Waals surface area contributed by atoms with Crippen LogP contribution < -0.4 is 10.6 Å². The van der Waals surface area contributed by atoms with Crippen LogP contribution in [0.5, 0.6) is 0 Å². The maximum absolute atomic E-state index is 11.2. The molecule has 1 aliphatic heterocycles. The summed E-state index contributed by atoms with van der Waals surface area (Å²) < 4.78 is 7.53. The van der Waals surface area contributed by atoms with Crippen molar-refractivity contribution in [1.82, 2.24) is 24.7 Å². The van der Waals surface area contributed by atoms with E-state index in [1.165, 1.54) is 0 Å². The summed E-state index contributed by atoms with van der Waals surface area (Å²) in [5, 5.41) is 20.5. The number of aryl methyl sites for hydroxylation is 1. The Hall–Kier alpha value is -3.54. The Morgan fingerprint density at radius 2 is 2.00 bits per heavy atom. The van der Waals surface area contributed by atoms with Gasteiger partial charge in [-0.3, -0.25) is 9.59 Å². The Bertz CT molecular complexity index is 1040. The number of hydrogen-bond donors (Lipinski definition) is 3. The topological polar surface area (TPSA) is 173 Å². The van der Waals surface area contributed by atoms with Gasteiger partial charge in [0, 0.05) is 24.7 Å². The molecular formula is C19H25N7O5. The van der Waals surface area contributed by atoms with Crippen molar-refractivity contribution in [3.8, 4) is 0 Å². The van der Waals surface area contributed by atoms with Gasteiger partial charge in [-0.05, 0) is 31.9 Å². The van der Waals surface area contributed by atoms with Crippen LogP contribution in [0.25, 0.3) is 11.2 Å². The van der Waals surface area contributed by atoms with Crippen molar-refractivity contribution >= 4 is 29.6 Å². The SMILES string of the molecule is Cc1ccc2oc(N3CCC(c4nc(CC(N)=O)nn4CCO)CC3)nc2n1.O=CO. The maximum Gasteiger partial charge on any atom is 0.299 e. The van der Waals surface area contributed by atoms with Gasteiger partial charge in [0.1, 0.15) is 5.82 Å². The molecule has 0 aliphatic carbocycles. The Labute approximate surface area is 177 Å². The predicted octanol–water partition coefficient (Wildman–Crippen LogP) is 0.228. The second-order valence-electron chi connectivity index (χ2n) is 7.11. The number of pyridine rings is 1. The number of oxazole rings is 1. The van der Waals surface area contributed by atoms with Gasteiger partial charge in [-0.25, -0.2) is 14.6 Å². The van der Waals surface area contributed by atoms with E-state index in [4.69, 9.17) is 20.1 Å². The van der Waals surface area contributed by atoms with E-state index in [0.29, 0.717) is 29.6 Å². The third-order valence-corrected chi connectivity index (χ3v) is 4.90. The van der Waals surface area contributed by atoms with Crippen molar-refractivity contribution in [3.05, 3.63) is 29.5 Å². The number of nitrogens with zero attached hydrogens (tertiary/aromatic N) is 6. The van der Waals surface area contributed by atoms with Gasteiger partial charge in [0.2, 0.25) is 11.6 Å². The number of anilines is 1. The number of aromatic nitrogens is 5. The maximum atomic E-state index is 11.2. The third-order valence-electron chi connectivity index (χ3n) is 4.90. The van der Waals surface area contributed by atoms with Crippen molar-refractivity contribution < 1.29 is 24.2 Å². The summed E-state index contributed by atoms with van der Waals surface area (Å²) in [4.78, 5) is 35.0. The first-order valence-electron chi connectivity index (χ1n) is 9.85. The molecule has 3 aromatic heterocycles. The zero-order valence-corrected chi connectivity index (χ0v) is 17.1. The zero-order chi connectivity index (χ0) is 22.4. The van der Waals surface area contributed by atoms with E-state index in [2.05, 4.69) is 25.0 Å².